The van der Waals surface area contributed by atoms with Crippen molar-refractivity contribution in [3.8, 4) is 5.75 Å². The van der Waals surface area contributed by atoms with E-state index in [1.54, 1.807) is 0 Å². The van der Waals surface area contributed by atoms with Gasteiger partial charge in [0.25, 0.3) is 0 Å². The van der Waals surface area contributed by atoms with E-state index >= 15 is 0 Å². The molecule has 3 aliphatic rings. The zero-order chi connectivity index (χ0) is 23.3. The summed E-state index contributed by atoms with van der Waals surface area (Å²) >= 11 is 6.23. The zero-order valence-electron chi connectivity index (χ0n) is 19.0. The van der Waals surface area contributed by atoms with Gasteiger partial charge in [0.05, 0.1) is 12.5 Å². The predicted octanol–water partition coefficient (Wildman–Crippen LogP) is 6.22. The first-order chi connectivity index (χ1) is 16.5. The van der Waals surface area contributed by atoms with Crippen molar-refractivity contribution < 1.29 is 14.6 Å². The summed E-state index contributed by atoms with van der Waals surface area (Å²) in [6.45, 7) is 0.751. The second kappa shape index (κ2) is 8.35. The van der Waals surface area contributed by atoms with Crippen LogP contribution in [0.15, 0.2) is 66.7 Å². The van der Waals surface area contributed by atoms with Gasteiger partial charge < -0.3 is 15.2 Å². The molecule has 0 aromatic heterocycles. The fourth-order valence-electron chi connectivity index (χ4n) is 6.68. The van der Waals surface area contributed by atoms with Crippen LogP contribution in [0.2, 0.25) is 5.02 Å². The van der Waals surface area contributed by atoms with Crippen LogP contribution < -0.4 is 10.1 Å². The molecule has 1 spiro atoms. The summed E-state index contributed by atoms with van der Waals surface area (Å²) in [5, 5.41) is 14.3. The van der Waals surface area contributed by atoms with Crippen molar-refractivity contribution in [2.45, 2.75) is 49.5 Å². The highest BCUT2D eigenvalue weighted by atomic mass is 35.5. The normalized spacial score (nSPS) is 27.1. The zero-order valence-corrected chi connectivity index (χ0v) is 19.7. The van der Waals surface area contributed by atoms with Crippen LogP contribution >= 0.6 is 11.6 Å². The Morgan fingerprint density at radius 2 is 1.94 bits per heavy atom. The highest BCUT2D eigenvalue weighted by molar-refractivity contribution is 6.30. The molecule has 5 heteroatoms. The van der Waals surface area contributed by atoms with E-state index in [2.05, 4.69) is 47.8 Å². The second-order valence-corrected chi connectivity index (χ2v) is 10.4. The molecule has 1 heterocycles. The molecule has 2 aliphatic carbocycles. The van der Waals surface area contributed by atoms with E-state index in [9.17, 15) is 9.90 Å². The number of carbonyl (C=O) groups is 1. The summed E-state index contributed by atoms with van der Waals surface area (Å²) in [7, 11) is 0. The minimum atomic E-state index is -0.733. The van der Waals surface area contributed by atoms with Crippen molar-refractivity contribution in [1.29, 1.82) is 0 Å². The number of ether oxygens (including phenoxy) is 1. The number of aliphatic carboxylic acids is 1. The van der Waals surface area contributed by atoms with E-state index in [-0.39, 0.29) is 17.4 Å². The number of rotatable bonds is 4. The van der Waals surface area contributed by atoms with Gasteiger partial charge in [-0.3, -0.25) is 4.79 Å². The van der Waals surface area contributed by atoms with Gasteiger partial charge in [0.1, 0.15) is 5.75 Å². The van der Waals surface area contributed by atoms with Crippen LogP contribution in [-0.2, 0) is 23.1 Å². The van der Waals surface area contributed by atoms with Crippen LogP contribution in [-0.4, -0.2) is 23.7 Å². The van der Waals surface area contributed by atoms with Crippen LogP contribution in [0.5, 0.6) is 5.75 Å². The molecule has 6 rings (SSSR count). The third-order valence-electron chi connectivity index (χ3n) is 8.23. The molecule has 2 N–H and O–H groups in total. The molecular formula is C29H28ClNO3. The minimum absolute atomic E-state index is 0.119. The Morgan fingerprint density at radius 3 is 2.79 bits per heavy atom. The van der Waals surface area contributed by atoms with Crippen molar-refractivity contribution in [3.63, 3.8) is 0 Å². The molecule has 3 aromatic carbocycles. The highest BCUT2D eigenvalue weighted by Crippen LogP contribution is 2.57. The number of benzene rings is 3. The smallest absolute Gasteiger partial charge is 0.308 e. The largest absolute Gasteiger partial charge is 0.493 e. The summed E-state index contributed by atoms with van der Waals surface area (Å²) in [6, 6.07) is 22.9. The average Bonchev–Trinajstić information content (AvgIpc) is 3.42. The van der Waals surface area contributed by atoms with E-state index in [0.29, 0.717) is 11.4 Å². The predicted molar refractivity (Wildman–Crippen MR) is 134 cm³/mol. The third kappa shape index (κ3) is 3.56. The molecule has 0 amide bonds. The SMILES string of the molecule is O=C(O)[C@H]1CC[C@]2(CC1Nc1cccc(Cl)c1)c1ccccc1CC2c1ccc2c(c1)OCC2. The topological polar surface area (TPSA) is 58.6 Å². The molecule has 34 heavy (non-hydrogen) atoms. The van der Waals surface area contributed by atoms with Gasteiger partial charge >= 0.3 is 5.97 Å². The number of hydrogen-bond donors (Lipinski definition) is 2. The quantitative estimate of drug-likeness (QED) is 0.472. The summed E-state index contributed by atoms with van der Waals surface area (Å²) in [6.07, 6.45) is 4.20. The maximum absolute atomic E-state index is 12.3. The van der Waals surface area contributed by atoms with Gasteiger partial charge in [0, 0.05) is 28.6 Å². The van der Waals surface area contributed by atoms with Gasteiger partial charge in [0.2, 0.25) is 0 Å². The molecule has 1 aliphatic heterocycles. The number of halogens is 1. The Morgan fingerprint density at radius 1 is 1.06 bits per heavy atom. The van der Waals surface area contributed by atoms with Gasteiger partial charge in [-0.25, -0.2) is 0 Å². The highest BCUT2D eigenvalue weighted by Gasteiger charge is 2.53. The van der Waals surface area contributed by atoms with E-state index in [0.717, 1.165) is 43.7 Å². The van der Waals surface area contributed by atoms with Gasteiger partial charge in [-0.05, 0) is 78.1 Å². The standard InChI is InChI=1S/C29H28ClNO3/c30-21-5-3-6-22(16-21)31-26-17-29(12-10-23(26)28(32)33)24-7-2-1-4-19(24)14-25(29)20-9-8-18-11-13-34-27(18)15-20/h1-9,15-16,23,25-26,31H,10-14,17H2,(H,32,33)/t23-,25?,26?,29-/m0/s1. The monoisotopic (exact) mass is 473 g/mol. The molecule has 0 saturated heterocycles. The number of hydrogen-bond acceptors (Lipinski definition) is 3. The first-order valence-corrected chi connectivity index (χ1v) is 12.5. The molecule has 4 nitrogen and oxygen atoms in total. The van der Waals surface area contributed by atoms with Crippen molar-refractivity contribution in [2.75, 3.05) is 11.9 Å². The fraction of sp³-hybridized carbons (Fsp3) is 0.345. The lowest BCUT2D eigenvalue weighted by Gasteiger charge is -2.46. The summed E-state index contributed by atoms with van der Waals surface area (Å²) in [5.74, 6) is 0.124. The molecule has 2 unspecified atom stereocenters. The van der Waals surface area contributed by atoms with Crippen molar-refractivity contribution >= 4 is 23.3 Å². The molecule has 1 fully saturated rings. The Bertz CT molecular complexity index is 1260. The Balaban J connectivity index is 1.42. The average molecular weight is 474 g/mol. The minimum Gasteiger partial charge on any atom is -0.493 e. The van der Waals surface area contributed by atoms with Crippen molar-refractivity contribution in [3.05, 3.63) is 94.0 Å². The summed E-state index contributed by atoms with van der Waals surface area (Å²) in [5.41, 5.74) is 6.09. The second-order valence-electron chi connectivity index (χ2n) is 9.98. The molecule has 1 saturated carbocycles. The molecule has 0 radical (unpaired) electrons. The van der Waals surface area contributed by atoms with Gasteiger partial charge in [-0.1, -0.05) is 54.1 Å². The first kappa shape index (κ1) is 21.5. The molecular weight excluding hydrogens is 446 g/mol. The van der Waals surface area contributed by atoms with E-state index in [4.69, 9.17) is 16.3 Å². The Kier molecular flexibility index (Phi) is 5.29. The molecule has 3 aromatic rings. The van der Waals surface area contributed by atoms with Gasteiger partial charge in [-0.2, -0.15) is 0 Å². The molecule has 0 bridgehead atoms. The van der Waals surface area contributed by atoms with E-state index in [1.165, 1.54) is 22.3 Å². The summed E-state index contributed by atoms with van der Waals surface area (Å²) in [4.78, 5) is 12.3. The first-order valence-electron chi connectivity index (χ1n) is 12.1. The van der Waals surface area contributed by atoms with Crippen LogP contribution in [0.1, 0.15) is 47.4 Å². The van der Waals surface area contributed by atoms with E-state index in [1.807, 2.05) is 24.3 Å². The Hall–Kier alpha value is -2.98. The van der Waals surface area contributed by atoms with Crippen LogP contribution in [0, 0.1) is 5.92 Å². The van der Waals surface area contributed by atoms with Gasteiger partial charge in [0.15, 0.2) is 0 Å². The number of nitrogens with one attached hydrogen (secondary N) is 1. The van der Waals surface area contributed by atoms with Crippen LogP contribution in [0.3, 0.4) is 0 Å². The number of fused-ring (bicyclic) bond motifs is 3. The Labute approximate surface area is 204 Å². The maximum atomic E-state index is 12.3. The van der Waals surface area contributed by atoms with Crippen molar-refractivity contribution in [1.82, 2.24) is 0 Å². The fourth-order valence-corrected chi connectivity index (χ4v) is 6.87. The van der Waals surface area contributed by atoms with E-state index < -0.39 is 11.9 Å². The summed E-state index contributed by atoms with van der Waals surface area (Å²) < 4.78 is 5.91. The number of carboxylic acids is 1. The lowest BCUT2D eigenvalue weighted by molar-refractivity contribution is -0.143. The van der Waals surface area contributed by atoms with Crippen LogP contribution in [0.25, 0.3) is 0 Å². The maximum Gasteiger partial charge on any atom is 0.308 e. The lowest BCUT2D eigenvalue weighted by atomic mass is 9.60. The lowest BCUT2D eigenvalue weighted by Crippen LogP contribution is -2.47. The van der Waals surface area contributed by atoms with Gasteiger partial charge in [-0.15, -0.1) is 0 Å². The number of anilines is 1. The van der Waals surface area contributed by atoms with Crippen molar-refractivity contribution in [2.24, 2.45) is 5.92 Å². The third-order valence-corrected chi connectivity index (χ3v) is 8.47. The molecule has 4 atom stereocenters. The molecule has 174 valence electrons. The van der Waals surface area contributed by atoms with Crippen LogP contribution in [0.4, 0.5) is 5.69 Å². The number of carboxylic acid groups (broad SMARTS) is 1.